The number of carbonyl (C=O) groups is 1. The van der Waals surface area contributed by atoms with E-state index in [-0.39, 0.29) is 18.5 Å². The van der Waals surface area contributed by atoms with Crippen molar-refractivity contribution in [2.75, 3.05) is 6.61 Å². The van der Waals surface area contributed by atoms with Gasteiger partial charge in [0.2, 0.25) is 0 Å². The lowest BCUT2D eigenvalue weighted by molar-refractivity contribution is 0.177. The molecular formula is C9H7BrFNO2. The smallest absolute Gasteiger partial charge is 0.407 e. The van der Waals surface area contributed by atoms with Crippen LogP contribution in [-0.2, 0) is 4.74 Å². The molecule has 1 aliphatic rings. The number of amides is 1. The molecule has 2 rings (SSSR count). The molecule has 0 spiro atoms. The second-order valence-corrected chi connectivity index (χ2v) is 3.82. The second kappa shape index (κ2) is 3.57. The summed E-state index contributed by atoms with van der Waals surface area (Å²) in [5.74, 6) is -0.329. The van der Waals surface area contributed by atoms with Gasteiger partial charge in [-0.05, 0) is 23.8 Å². The van der Waals surface area contributed by atoms with Gasteiger partial charge < -0.3 is 10.1 Å². The molecule has 5 heteroatoms. The Morgan fingerprint density at radius 1 is 1.57 bits per heavy atom. The Morgan fingerprint density at radius 2 is 2.36 bits per heavy atom. The van der Waals surface area contributed by atoms with Crippen LogP contribution in [0.1, 0.15) is 11.6 Å². The lowest BCUT2D eigenvalue weighted by Crippen LogP contribution is -2.18. The molecule has 0 aromatic heterocycles. The lowest BCUT2D eigenvalue weighted by Gasteiger charge is -2.09. The number of carbonyl (C=O) groups excluding carboxylic acids is 1. The van der Waals surface area contributed by atoms with Gasteiger partial charge in [0.25, 0.3) is 0 Å². The molecule has 1 aromatic rings. The fourth-order valence-electron chi connectivity index (χ4n) is 1.33. The molecule has 0 radical (unpaired) electrons. The van der Waals surface area contributed by atoms with Crippen LogP contribution >= 0.6 is 15.9 Å². The fourth-order valence-corrected chi connectivity index (χ4v) is 1.86. The van der Waals surface area contributed by atoms with Crippen molar-refractivity contribution < 1.29 is 13.9 Å². The minimum Gasteiger partial charge on any atom is -0.447 e. The zero-order valence-corrected chi connectivity index (χ0v) is 8.67. The molecule has 3 nitrogen and oxygen atoms in total. The Bertz CT molecular complexity index is 383. The first-order chi connectivity index (χ1) is 6.66. The van der Waals surface area contributed by atoms with E-state index >= 15 is 0 Å². The predicted octanol–water partition coefficient (Wildman–Crippen LogP) is 2.37. The molecule has 1 heterocycles. The number of halogens is 2. The summed E-state index contributed by atoms with van der Waals surface area (Å²) in [5, 5.41) is 2.58. The van der Waals surface area contributed by atoms with Crippen LogP contribution in [0.25, 0.3) is 0 Å². The van der Waals surface area contributed by atoms with Crippen LogP contribution in [0.2, 0.25) is 0 Å². The fraction of sp³-hybridized carbons (Fsp3) is 0.222. The summed E-state index contributed by atoms with van der Waals surface area (Å²) in [4.78, 5) is 10.8. The van der Waals surface area contributed by atoms with Crippen molar-refractivity contribution in [3.8, 4) is 0 Å². The number of hydrogen-bond acceptors (Lipinski definition) is 2. The molecule has 0 bridgehead atoms. The molecular weight excluding hydrogens is 253 g/mol. The maximum atomic E-state index is 12.9. The standard InChI is InChI=1S/C9H7BrFNO2/c10-7-2-1-5(11)3-6(7)8-4-14-9(13)12-8/h1-3,8H,4H2,(H,12,13)/t8-/m0/s1. The van der Waals surface area contributed by atoms with Crippen LogP contribution in [0.15, 0.2) is 22.7 Å². The van der Waals surface area contributed by atoms with E-state index in [4.69, 9.17) is 4.74 Å². The molecule has 1 aromatic carbocycles. The first-order valence-electron chi connectivity index (χ1n) is 4.05. The van der Waals surface area contributed by atoms with Gasteiger partial charge in [0.05, 0.1) is 6.04 Å². The Morgan fingerprint density at radius 3 is 3.00 bits per heavy atom. The van der Waals surface area contributed by atoms with E-state index in [1.54, 1.807) is 6.07 Å². The van der Waals surface area contributed by atoms with Crippen LogP contribution in [0.3, 0.4) is 0 Å². The van der Waals surface area contributed by atoms with E-state index in [1.165, 1.54) is 12.1 Å². The lowest BCUT2D eigenvalue weighted by atomic mass is 10.1. The van der Waals surface area contributed by atoms with Gasteiger partial charge in [-0.3, -0.25) is 0 Å². The number of alkyl carbamates (subject to hydrolysis) is 1. The molecule has 14 heavy (non-hydrogen) atoms. The molecule has 1 atom stereocenters. The summed E-state index contributed by atoms with van der Waals surface area (Å²) in [6, 6.07) is 4.07. The van der Waals surface area contributed by atoms with E-state index in [1.807, 2.05) is 0 Å². The normalized spacial score (nSPS) is 20.4. The van der Waals surface area contributed by atoms with Crippen molar-refractivity contribution in [3.63, 3.8) is 0 Å². The molecule has 0 saturated carbocycles. The summed E-state index contributed by atoms with van der Waals surface area (Å²) in [7, 11) is 0. The zero-order chi connectivity index (χ0) is 10.1. The van der Waals surface area contributed by atoms with Crippen molar-refractivity contribution in [1.82, 2.24) is 5.32 Å². The highest BCUT2D eigenvalue weighted by Crippen LogP contribution is 2.26. The van der Waals surface area contributed by atoms with E-state index in [0.29, 0.717) is 5.56 Å². The third-order valence-electron chi connectivity index (χ3n) is 2.01. The molecule has 0 aliphatic carbocycles. The topological polar surface area (TPSA) is 38.3 Å². The van der Waals surface area contributed by atoms with Crippen molar-refractivity contribution in [2.45, 2.75) is 6.04 Å². The van der Waals surface area contributed by atoms with Gasteiger partial charge in [0.1, 0.15) is 12.4 Å². The van der Waals surface area contributed by atoms with Crippen LogP contribution in [0.4, 0.5) is 9.18 Å². The Hall–Kier alpha value is -1.10. The average molecular weight is 260 g/mol. The molecule has 1 amide bonds. The molecule has 1 aliphatic heterocycles. The van der Waals surface area contributed by atoms with E-state index in [0.717, 1.165) is 4.47 Å². The second-order valence-electron chi connectivity index (χ2n) is 2.96. The summed E-state index contributed by atoms with van der Waals surface area (Å²) >= 11 is 3.29. The maximum Gasteiger partial charge on any atom is 0.407 e. The minimum atomic E-state index is -0.467. The van der Waals surface area contributed by atoms with Gasteiger partial charge in [0, 0.05) is 4.47 Å². The third-order valence-corrected chi connectivity index (χ3v) is 2.73. The summed E-state index contributed by atoms with van der Waals surface area (Å²) < 4.78 is 18.4. The highest BCUT2D eigenvalue weighted by molar-refractivity contribution is 9.10. The van der Waals surface area contributed by atoms with E-state index in [2.05, 4.69) is 21.2 Å². The van der Waals surface area contributed by atoms with Crippen LogP contribution < -0.4 is 5.32 Å². The molecule has 1 fully saturated rings. The van der Waals surface area contributed by atoms with Crippen LogP contribution in [0, 0.1) is 5.82 Å². The molecule has 74 valence electrons. The largest absolute Gasteiger partial charge is 0.447 e. The number of benzene rings is 1. The van der Waals surface area contributed by atoms with Crippen LogP contribution in [-0.4, -0.2) is 12.7 Å². The van der Waals surface area contributed by atoms with E-state index < -0.39 is 6.09 Å². The number of rotatable bonds is 1. The summed E-state index contributed by atoms with van der Waals surface area (Å²) in [6.45, 7) is 0.237. The van der Waals surface area contributed by atoms with E-state index in [9.17, 15) is 9.18 Å². The quantitative estimate of drug-likeness (QED) is 0.841. The van der Waals surface area contributed by atoms with Crippen LogP contribution in [0.5, 0.6) is 0 Å². The van der Waals surface area contributed by atoms with Gasteiger partial charge in [0.15, 0.2) is 0 Å². The summed E-state index contributed by atoms with van der Waals surface area (Å²) in [6.07, 6.45) is -0.467. The monoisotopic (exact) mass is 259 g/mol. The molecule has 1 saturated heterocycles. The molecule has 0 unspecified atom stereocenters. The number of nitrogens with one attached hydrogen (secondary N) is 1. The first kappa shape index (κ1) is 9.45. The van der Waals surface area contributed by atoms with Gasteiger partial charge in [-0.25, -0.2) is 9.18 Å². The maximum absolute atomic E-state index is 12.9. The van der Waals surface area contributed by atoms with Gasteiger partial charge in [-0.2, -0.15) is 0 Å². The minimum absolute atomic E-state index is 0.237. The highest BCUT2D eigenvalue weighted by atomic mass is 79.9. The Labute approximate surface area is 88.4 Å². The number of hydrogen-bond donors (Lipinski definition) is 1. The van der Waals surface area contributed by atoms with Crippen molar-refractivity contribution >= 4 is 22.0 Å². The number of ether oxygens (including phenoxy) is 1. The average Bonchev–Trinajstić information content (AvgIpc) is 2.56. The SMILES string of the molecule is O=C1N[C@H](c2cc(F)ccc2Br)CO1. The predicted molar refractivity (Wildman–Crippen MR) is 51.3 cm³/mol. The summed E-state index contributed by atoms with van der Waals surface area (Å²) in [5.41, 5.74) is 0.691. The first-order valence-corrected chi connectivity index (χ1v) is 4.84. The Balaban J connectivity index is 2.31. The van der Waals surface area contributed by atoms with Crippen molar-refractivity contribution in [1.29, 1.82) is 0 Å². The zero-order valence-electron chi connectivity index (χ0n) is 7.09. The van der Waals surface area contributed by atoms with Crippen molar-refractivity contribution in [2.24, 2.45) is 0 Å². The molecule has 1 N–H and O–H groups in total. The number of cyclic esters (lactones) is 1. The van der Waals surface area contributed by atoms with Gasteiger partial charge in [-0.15, -0.1) is 0 Å². The highest BCUT2D eigenvalue weighted by Gasteiger charge is 2.25. The third kappa shape index (κ3) is 1.72. The van der Waals surface area contributed by atoms with Gasteiger partial charge in [-0.1, -0.05) is 15.9 Å². The Kier molecular flexibility index (Phi) is 2.41. The van der Waals surface area contributed by atoms with Gasteiger partial charge >= 0.3 is 6.09 Å². The van der Waals surface area contributed by atoms with Crippen molar-refractivity contribution in [3.05, 3.63) is 34.1 Å².